The molecular formula is C15H18ClN3O3. The fraction of sp³-hybridized carbons (Fsp3) is 0.267. The highest BCUT2D eigenvalue weighted by molar-refractivity contribution is 6.34. The van der Waals surface area contributed by atoms with Gasteiger partial charge in [0.05, 0.1) is 5.02 Å². The first kappa shape index (κ1) is 17.7. The van der Waals surface area contributed by atoms with Crippen LogP contribution in [0.25, 0.3) is 0 Å². The zero-order chi connectivity index (χ0) is 16.7. The van der Waals surface area contributed by atoms with Crippen molar-refractivity contribution in [1.29, 1.82) is 0 Å². The van der Waals surface area contributed by atoms with Gasteiger partial charge in [-0.15, -0.1) is 0 Å². The second kappa shape index (κ2) is 8.19. The van der Waals surface area contributed by atoms with Gasteiger partial charge in [-0.2, -0.15) is 0 Å². The molecule has 118 valence electrons. The molecule has 4 N–H and O–H groups in total. The average molecular weight is 324 g/mol. The number of carbonyl (C=O) groups is 2. The molecule has 0 bridgehead atoms. The average Bonchev–Trinajstić information content (AvgIpc) is 2.52. The van der Waals surface area contributed by atoms with Gasteiger partial charge in [-0.1, -0.05) is 30.7 Å². The molecule has 7 heteroatoms. The lowest BCUT2D eigenvalue weighted by atomic mass is 10.1. The van der Waals surface area contributed by atoms with Gasteiger partial charge in [-0.05, 0) is 18.6 Å². The van der Waals surface area contributed by atoms with Crippen molar-refractivity contribution in [2.45, 2.75) is 13.3 Å². The van der Waals surface area contributed by atoms with Gasteiger partial charge in [0.1, 0.15) is 11.4 Å². The summed E-state index contributed by atoms with van der Waals surface area (Å²) in [5.74, 6) is -1.24. The number of benzene rings is 1. The van der Waals surface area contributed by atoms with Crippen molar-refractivity contribution in [3.63, 3.8) is 0 Å². The molecule has 0 saturated carbocycles. The lowest BCUT2D eigenvalue weighted by Crippen LogP contribution is -2.28. The molecule has 0 amide bonds. The zero-order valence-electron chi connectivity index (χ0n) is 12.4. The molecule has 0 fully saturated rings. The molecule has 0 radical (unpaired) electrons. The molecule has 0 atom stereocenters. The minimum Gasteiger partial charge on any atom is -0.454 e. The van der Waals surface area contributed by atoms with Gasteiger partial charge in [-0.3, -0.25) is 9.79 Å². The highest BCUT2D eigenvalue weighted by Crippen LogP contribution is 2.16. The fourth-order valence-corrected chi connectivity index (χ4v) is 1.90. The Morgan fingerprint density at radius 1 is 1.27 bits per heavy atom. The number of Topliss-reactive ketones (excluding diaryl/α,β-unsaturated/α-hetero) is 1. The van der Waals surface area contributed by atoms with Gasteiger partial charge in [0.15, 0.2) is 6.61 Å². The van der Waals surface area contributed by atoms with E-state index in [0.717, 1.165) is 0 Å². The molecule has 1 rings (SSSR count). The smallest absolute Gasteiger partial charge is 0.344 e. The SMILES string of the molecule is CCC(N)=C(C(=O)OCC(=O)c1ccccc1Cl)C(N)=NC. The summed E-state index contributed by atoms with van der Waals surface area (Å²) in [7, 11) is 1.43. The van der Waals surface area contributed by atoms with E-state index in [9.17, 15) is 9.59 Å². The number of hydrogen-bond donors (Lipinski definition) is 2. The van der Waals surface area contributed by atoms with Crippen molar-refractivity contribution < 1.29 is 14.3 Å². The normalized spacial score (nSPS) is 12.6. The Hall–Kier alpha value is -2.34. The monoisotopic (exact) mass is 323 g/mol. The molecule has 1 aromatic rings. The van der Waals surface area contributed by atoms with E-state index in [-0.39, 0.29) is 22.7 Å². The summed E-state index contributed by atoms with van der Waals surface area (Å²) in [6.45, 7) is 1.31. The van der Waals surface area contributed by atoms with Crippen LogP contribution in [0.2, 0.25) is 5.02 Å². The van der Waals surface area contributed by atoms with Crippen LogP contribution in [-0.4, -0.2) is 31.2 Å². The number of amidine groups is 1. The van der Waals surface area contributed by atoms with Crippen molar-refractivity contribution in [3.8, 4) is 0 Å². The summed E-state index contributed by atoms with van der Waals surface area (Å²) < 4.78 is 4.98. The fourth-order valence-electron chi connectivity index (χ4n) is 1.66. The second-order valence-electron chi connectivity index (χ2n) is 4.34. The highest BCUT2D eigenvalue weighted by atomic mass is 35.5. The first-order valence-electron chi connectivity index (χ1n) is 6.58. The van der Waals surface area contributed by atoms with Crippen LogP contribution >= 0.6 is 11.6 Å². The van der Waals surface area contributed by atoms with Crippen molar-refractivity contribution in [3.05, 3.63) is 46.1 Å². The van der Waals surface area contributed by atoms with Gasteiger partial charge in [-0.25, -0.2) is 4.79 Å². The Labute approximate surface area is 133 Å². The van der Waals surface area contributed by atoms with Crippen LogP contribution in [-0.2, 0) is 9.53 Å². The van der Waals surface area contributed by atoms with Gasteiger partial charge >= 0.3 is 5.97 Å². The van der Waals surface area contributed by atoms with Crippen molar-refractivity contribution in [2.24, 2.45) is 16.5 Å². The third-order valence-corrected chi connectivity index (χ3v) is 3.24. The van der Waals surface area contributed by atoms with E-state index in [1.807, 2.05) is 0 Å². The molecule has 0 spiro atoms. The third-order valence-electron chi connectivity index (χ3n) is 2.91. The number of ketones is 1. The van der Waals surface area contributed by atoms with Crippen molar-refractivity contribution in [1.82, 2.24) is 0 Å². The summed E-state index contributed by atoms with van der Waals surface area (Å²) in [6.07, 6.45) is 0.402. The molecule has 0 aliphatic rings. The predicted molar refractivity (Wildman–Crippen MR) is 85.8 cm³/mol. The molecule has 0 aliphatic heterocycles. The minimum absolute atomic E-state index is 0.0167. The third kappa shape index (κ3) is 4.33. The van der Waals surface area contributed by atoms with E-state index in [4.69, 9.17) is 27.8 Å². The summed E-state index contributed by atoms with van der Waals surface area (Å²) in [6, 6.07) is 6.51. The van der Waals surface area contributed by atoms with Crippen LogP contribution in [0.3, 0.4) is 0 Å². The summed E-state index contributed by atoms with van der Waals surface area (Å²) in [5.41, 5.74) is 11.9. The molecule has 1 aromatic carbocycles. The quantitative estimate of drug-likeness (QED) is 0.272. The van der Waals surface area contributed by atoms with Gasteiger partial charge < -0.3 is 16.2 Å². The number of carbonyl (C=O) groups excluding carboxylic acids is 2. The van der Waals surface area contributed by atoms with E-state index < -0.39 is 18.4 Å². The molecule has 22 heavy (non-hydrogen) atoms. The number of aliphatic imine (C=N–C) groups is 1. The number of hydrogen-bond acceptors (Lipinski definition) is 5. The summed E-state index contributed by atoms with van der Waals surface area (Å²) in [5, 5.41) is 0.294. The molecule has 0 aromatic heterocycles. The number of allylic oxidation sites excluding steroid dienone is 1. The molecule has 0 unspecified atom stereocenters. The maximum absolute atomic E-state index is 12.1. The lowest BCUT2D eigenvalue weighted by Gasteiger charge is -2.10. The van der Waals surface area contributed by atoms with E-state index in [1.165, 1.54) is 7.05 Å². The van der Waals surface area contributed by atoms with Gasteiger partial charge in [0.25, 0.3) is 0 Å². The number of rotatable bonds is 6. The topological polar surface area (TPSA) is 108 Å². The van der Waals surface area contributed by atoms with Crippen LogP contribution in [0.1, 0.15) is 23.7 Å². The van der Waals surface area contributed by atoms with Crippen molar-refractivity contribution in [2.75, 3.05) is 13.7 Å². The number of nitrogens with zero attached hydrogens (tertiary/aromatic N) is 1. The first-order valence-corrected chi connectivity index (χ1v) is 6.96. The number of halogens is 1. The largest absolute Gasteiger partial charge is 0.454 e. The van der Waals surface area contributed by atoms with Crippen LogP contribution in [0.15, 0.2) is 40.5 Å². The Morgan fingerprint density at radius 3 is 2.45 bits per heavy atom. The lowest BCUT2D eigenvalue weighted by molar-refractivity contribution is -0.137. The van der Waals surface area contributed by atoms with E-state index >= 15 is 0 Å². The van der Waals surface area contributed by atoms with E-state index in [1.54, 1.807) is 31.2 Å². The molecule has 0 heterocycles. The van der Waals surface area contributed by atoms with Gasteiger partial charge in [0.2, 0.25) is 5.78 Å². The Balaban J connectivity index is 2.85. The number of ether oxygens (including phenoxy) is 1. The Bertz CT molecular complexity index is 639. The first-order chi connectivity index (χ1) is 10.4. The second-order valence-corrected chi connectivity index (χ2v) is 4.75. The highest BCUT2D eigenvalue weighted by Gasteiger charge is 2.20. The van der Waals surface area contributed by atoms with Crippen LogP contribution in [0, 0.1) is 0 Å². The van der Waals surface area contributed by atoms with E-state index in [0.29, 0.717) is 11.4 Å². The molecule has 0 aliphatic carbocycles. The van der Waals surface area contributed by atoms with Crippen molar-refractivity contribution >= 4 is 29.2 Å². The number of esters is 1. The molecular weight excluding hydrogens is 306 g/mol. The van der Waals surface area contributed by atoms with Crippen LogP contribution in [0.5, 0.6) is 0 Å². The number of nitrogens with two attached hydrogens (primary N) is 2. The standard InChI is InChI=1S/C15H18ClN3O3/c1-3-11(17)13(14(18)19-2)15(21)22-8-12(20)9-6-4-5-7-10(9)16/h4-7H,3,8,17H2,1-2H3,(H2,18,19). The van der Waals surface area contributed by atoms with E-state index in [2.05, 4.69) is 4.99 Å². The maximum atomic E-state index is 12.1. The van der Waals surface area contributed by atoms with Gasteiger partial charge in [0, 0.05) is 18.3 Å². The molecule has 6 nitrogen and oxygen atoms in total. The minimum atomic E-state index is -0.789. The Morgan fingerprint density at radius 2 is 1.91 bits per heavy atom. The summed E-state index contributed by atoms with van der Waals surface area (Å²) in [4.78, 5) is 27.8. The summed E-state index contributed by atoms with van der Waals surface area (Å²) >= 11 is 5.91. The zero-order valence-corrected chi connectivity index (χ0v) is 13.2. The predicted octanol–water partition coefficient (Wildman–Crippen LogP) is 1.68. The molecule has 0 saturated heterocycles. The van der Waals surface area contributed by atoms with Crippen LogP contribution < -0.4 is 11.5 Å². The Kier molecular flexibility index (Phi) is 6.59. The maximum Gasteiger partial charge on any atom is 0.344 e. The van der Waals surface area contributed by atoms with Crippen LogP contribution in [0.4, 0.5) is 0 Å².